The molecule has 0 heterocycles. The molecule has 0 saturated heterocycles. The van der Waals surface area contributed by atoms with Crippen LogP contribution in [0.2, 0.25) is 0 Å². The van der Waals surface area contributed by atoms with Gasteiger partial charge >= 0.3 is 17.9 Å². The summed E-state index contributed by atoms with van der Waals surface area (Å²) >= 11 is 0. The Bertz CT molecular complexity index is 584. The SMILES string of the molecule is COC(=O)C(CCc1ccccc1)(CC(=O)OC(C)(C)C)C(=O)OC. The number of ether oxygens (including phenoxy) is 3. The molecule has 0 N–H and O–H groups in total. The maximum absolute atomic E-state index is 12.4. The van der Waals surface area contributed by atoms with Crippen LogP contribution < -0.4 is 0 Å². The molecule has 0 aliphatic heterocycles. The van der Waals surface area contributed by atoms with Crippen LogP contribution in [-0.2, 0) is 35.0 Å². The fraction of sp³-hybridized carbons (Fsp3) is 0.526. The highest BCUT2D eigenvalue weighted by molar-refractivity contribution is 6.03. The fourth-order valence-corrected chi connectivity index (χ4v) is 2.54. The van der Waals surface area contributed by atoms with E-state index >= 15 is 0 Å². The maximum Gasteiger partial charge on any atom is 0.323 e. The predicted molar refractivity (Wildman–Crippen MR) is 91.7 cm³/mol. The first-order chi connectivity index (χ1) is 11.6. The molecule has 0 fully saturated rings. The predicted octanol–water partition coefficient (Wildman–Crippen LogP) is 2.68. The number of hydrogen-bond donors (Lipinski definition) is 0. The zero-order chi connectivity index (χ0) is 19.1. The van der Waals surface area contributed by atoms with Crippen molar-refractivity contribution in [2.75, 3.05) is 14.2 Å². The number of rotatable bonds is 7. The molecule has 0 aliphatic rings. The summed E-state index contributed by atoms with van der Waals surface area (Å²) in [6.45, 7) is 5.15. The van der Waals surface area contributed by atoms with Crippen molar-refractivity contribution in [2.45, 2.75) is 45.6 Å². The summed E-state index contributed by atoms with van der Waals surface area (Å²) in [6, 6.07) is 9.36. The summed E-state index contributed by atoms with van der Waals surface area (Å²) in [6.07, 6.45) is 0.0554. The normalized spacial score (nSPS) is 11.6. The Balaban J connectivity index is 3.11. The van der Waals surface area contributed by atoms with Crippen LogP contribution in [0, 0.1) is 5.41 Å². The molecule has 0 aromatic heterocycles. The van der Waals surface area contributed by atoms with Gasteiger partial charge in [-0.2, -0.15) is 0 Å². The number of hydrogen-bond acceptors (Lipinski definition) is 6. The van der Waals surface area contributed by atoms with Gasteiger partial charge in [-0.15, -0.1) is 0 Å². The summed E-state index contributed by atoms with van der Waals surface area (Å²) in [5.74, 6) is -2.27. The Kier molecular flexibility index (Phi) is 7.15. The van der Waals surface area contributed by atoms with E-state index in [1.54, 1.807) is 20.8 Å². The van der Waals surface area contributed by atoms with Crippen LogP contribution >= 0.6 is 0 Å². The van der Waals surface area contributed by atoms with Gasteiger partial charge in [0.2, 0.25) is 0 Å². The molecule has 0 aliphatic carbocycles. The molecule has 0 bridgehead atoms. The minimum absolute atomic E-state index is 0.0790. The van der Waals surface area contributed by atoms with Gasteiger partial charge in [0.25, 0.3) is 0 Å². The summed E-state index contributed by atoms with van der Waals surface area (Å²) in [5.41, 5.74) is -1.53. The number of carbonyl (C=O) groups excluding carboxylic acids is 3. The second kappa shape index (κ2) is 8.65. The molecule has 0 unspecified atom stereocenters. The van der Waals surface area contributed by atoms with Gasteiger partial charge in [0.05, 0.1) is 20.6 Å². The molecule has 6 nitrogen and oxygen atoms in total. The van der Waals surface area contributed by atoms with Crippen LogP contribution in [0.25, 0.3) is 0 Å². The third-order valence-electron chi connectivity index (χ3n) is 3.70. The lowest BCUT2D eigenvalue weighted by molar-refractivity contribution is -0.178. The Morgan fingerprint density at radius 3 is 1.88 bits per heavy atom. The number of aryl methyl sites for hydroxylation is 1. The second-order valence-corrected chi connectivity index (χ2v) is 6.81. The first kappa shape index (κ1) is 20.7. The Morgan fingerprint density at radius 1 is 0.920 bits per heavy atom. The van der Waals surface area contributed by atoms with Crippen molar-refractivity contribution in [1.82, 2.24) is 0 Å². The average molecular weight is 350 g/mol. The third kappa shape index (κ3) is 5.89. The number of benzene rings is 1. The lowest BCUT2D eigenvalue weighted by atomic mass is 9.79. The topological polar surface area (TPSA) is 78.9 Å². The van der Waals surface area contributed by atoms with Gasteiger partial charge in [0.1, 0.15) is 5.60 Å². The second-order valence-electron chi connectivity index (χ2n) is 6.81. The van der Waals surface area contributed by atoms with Crippen LogP contribution in [0.5, 0.6) is 0 Å². The van der Waals surface area contributed by atoms with Crippen LogP contribution in [-0.4, -0.2) is 37.7 Å². The van der Waals surface area contributed by atoms with E-state index in [2.05, 4.69) is 0 Å². The molecule has 6 heteroatoms. The molecule has 0 radical (unpaired) electrons. The molecule has 25 heavy (non-hydrogen) atoms. The molecular weight excluding hydrogens is 324 g/mol. The molecule has 138 valence electrons. The smallest absolute Gasteiger partial charge is 0.323 e. The summed E-state index contributed by atoms with van der Waals surface area (Å²) < 4.78 is 14.9. The molecule has 1 aromatic rings. The van der Waals surface area contributed by atoms with Crippen molar-refractivity contribution in [1.29, 1.82) is 0 Å². The van der Waals surface area contributed by atoms with E-state index in [0.717, 1.165) is 5.56 Å². The minimum Gasteiger partial charge on any atom is -0.468 e. The average Bonchev–Trinajstić information content (AvgIpc) is 2.56. The minimum atomic E-state index is -1.73. The highest BCUT2D eigenvalue weighted by Gasteiger charge is 2.50. The first-order valence-corrected chi connectivity index (χ1v) is 8.07. The molecule has 0 spiro atoms. The summed E-state index contributed by atoms with van der Waals surface area (Å²) in [7, 11) is 2.36. The number of esters is 3. The van der Waals surface area contributed by atoms with Crippen LogP contribution in [0.15, 0.2) is 30.3 Å². The highest BCUT2D eigenvalue weighted by atomic mass is 16.6. The zero-order valence-corrected chi connectivity index (χ0v) is 15.5. The van der Waals surface area contributed by atoms with E-state index in [9.17, 15) is 14.4 Å². The first-order valence-electron chi connectivity index (χ1n) is 8.07. The number of carbonyl (C=O) groups is 3. The summed E-state index contributed by atoms with van der Waals surface area (Å²) in [4.78, 5) is 37.1. The molecule has 1 rings (SSSR count). The molecule has 0 saturated carbocycles. The lowest BCUT2D eigenvalue weighted by Crippen LogP contribution is -2.44. The van der Waals surface area contributed by atoms with E-state index in [4.69, 9.17) is 14.2 Å². The van der Waals surface area contributed by atoms with E-state index < -0.39 is 35.3 Å². The largest absolute Gasteiger partial charge is 0.468 e. The highest BCUT2D eigenvalue weighted by Crippen LogP contribution is 2.33. The van der Waals surface area contributed by atoms with Crippen molar-refractivity contribution in [2.24, 2.45) is 5.41 Å². The lowest BCUT2D eigenvalue weighted by Gasteiger charge is -2.29. The summed E-state index contributed by atoms with van der Waals surface area (Å²) in [5, 5.41) is 0. The van der Waals surface area contributed by atoms with Gasteiger partial charge in [-0.3, -0.25) is 14.4 Å². The van der Waals surface area contributed by atoms with E-state index in [0.29, 0.717) is 6.42 Å². The van der Waals surface area contributed by atoms with Gasteiger partial charge < -0.3 is 14.2 Å². The molecule has 0 amide bonds. The monoisotopic (exact) mass is 350 g/mol. The Morgan fingerprint density at radius 2 is 1.44 bits per heavy atom. The van der Waals surface area contributed by atoms with Crippen molar-refractivity contribution in [3.8, 4) is 0 Å². The third-order valence-corrected chi connectivity index (χ3v) is 3.70. The van der Waals surface area contributed by atoms with Crippen LogP contribution in [0.3, 0.4) is 0 Å². The van der Waals surface area contributed by atoms with Crippen molar-refractivity contribution in [3.63, 3.8) is 0 Å². The van der Waals surface area contributed by atoms with Crippen molar-refractivity contribution in [3.05, 3.63) is 35.9 Å². The van der Waals surface area contributed by atoms with Crippen molar-refractivity contribution < 1.29 is 28.6 Å². The standard InChI is InChI=1S/C19H26O6/c1-18(2,3)25-15(20)13-19(16(21)23-4,17(22)24-5)12-11-14-9-7-6-8-10-14/h6-10H,11-13H2,1-5H3. The van der Waals surface area contributed by atoms with E-state index in [1.807, 2.05) is 30.3 Å². The molecule has 1 aromatic carbocycles. The zero-order valence-electron chi connectivity index (χ0n) is 15.5. The van der Waals surface area contributed by atoms with E-state index in [-0.39, 0.29) is 6.42 Å². The van der Waals surface area contributed by atoms with Gasteiger partial charge in [-0.1, -0.05) is 30.3 Å². The van der Waals surface area contributed by atoms with Gasteiger partial charge in [-0.05, 0) is 39.2 Å². The van der Waals surface area contributed by atoms with Crippen LogP contribution in [0.4, 0.5) is 0 Å². The molecular formula is C19H26O6. The Labute approximate surface area is 148 Å². The number of methoxy groups -OCH3 is 2. The Hall–Kier alpha value is -2.37. The van der Waals surface area contributed by atoms with Crippen LogP contribution in [0.1, 0.15) is 39.2 Å². The van der Waals surface area contributed by atoms with Gasteiger partial charge in [-0.25, -0.2) is 0 Å². The van der Waals surface area contributed by atoms with E-state index in [1.165, 1.54) is 14.2 Å². The van der Waals surface area contributed by atoms with Gasteiger partial charge in [0.15, 0.2) is 5.41 Å². The van der Waals surface area contributed by atoms with Gasteiger partial charge in [0, 0.05) is 0 Å². The maximum atomic E-state index is 12.4. The van der Waals surface area contributed by atoms with Crippen molar-refractivity contribution >= 4 is 17.9 Å². The fourth-order valence-electron chi connectivity index (χ4n) is 2.54. The quantitative estimate of drug-likeness (QED) is 0.427. The molecule has 0 atom stereocenters.